The highest BCUT2D eigenvalue weighted by atomic mass is 16.5. The summed E-state index contributed by atoms with van der Waals surface area (Å²) in [7, 11) is 0. The van der Waals surface area contributed by atoms with E-state index in [9.17, 15) is 9.59 Å². The van der Waals surface area contributed by atoms with Gasteiger partial charge < -0.3 is 9.15 Å². The number of carbonyl (C=O) groups is 1. The molecule has 0 aliphatic heterocycles. The van der Waals surface area contributed by atoms with Crippen molar-refractivity contribution in [2.24, 2.45) is 0 Å². The highest BCUT2D eigenvalue weighted by molar-refractivity contribution is 5.98. The number of aryl methyl sites for hydroxylation is 2. The van der Waals surface area contributed by atoms with Crippen LogP contribution in [0.4, 0.5) is 0 Å². The van der Waals surface area contributed by atoms with Crippen molar-refractivity contribution in [1.82, 2.24) is 0 Å². The quantitative estimate of drug-likeness (QED) is 0.164. The summed E-state index contributed by atoms with van der Waals surface area (Å²) in [5.74, 6) is 0.439. The van der Waals surface area contributed by atoms with Crippen molar-refractivity contribution < 1.29 is 13.9 Å². The van der Waals surface area contributed by atoms with Gasteiger partial charge in [0.1, 0.15) is 11.3 Å². The second-order valence-corrected chi connectivity index (χ2v) is 8.28. The van der Waals surface area contributed by atoms with Gasteiger partial charge in [0.25, 0.3) is 0 Å². The molecule has 0 aliphatic rings. The first-order valence-electron chi connectivity index (χ1n) is 11.4. The number of ether oxygens (including phenoxy) is 1. The van der Waals surface area contributed by atoms with Crippen LogP contribution in [0.1, 0.15) is 47.7 Å². The van der Waals surface area contributed by atoms with Gasteiger partial charge in [0, 0.05) is 22.6 Å². The number of Topliss-reactive ketones (excluding diaryl/α,β-unsaturated/α-hetero) is 1. The lowest BCUT2D eigenvalue weighted by atomic mass is 10.00. The van der Waals surface area contributed by atoms with E-state index in [-0.39, 0.29) is 12.4 Å². The predicted molar refractivity (Wildman–Crippen MR) is 132 cm³/mol. The molecule has 0 radical (unpaired) electrons. The summed E-state index contributed by atoms with van der Waals surface area (Å²) in [6.45, 7) is 3.95. The average Bonchev–Trinajstić information content (AvgIpc) is 2.84. The Labute approximate surface area is 193 Å². The summed E-state index contributed by atoms with van der Waals surface area (Å²) in [6, 6.07) is 22.7. The summed E-state index contributed by atoms with van der Waals surface area (Å²) >= 11 is 0. The van der Waals surface area contributed by atoms with Crippen molar-refractivity contribution in [3.05, 3.63) is 99.9 Å². The van der Waals surface area contributed by atoms with Crippen LogP contribution in [0.2, 0.25) is 0 Å². The van der Waals surface area contributed by atoms with Crippen LogP contribution in [0, 0.1) is 6.92 Å². The van der Waals surface area contributed by atoms with Crippen LogP contribution in [0.25, 0.3) is 22.1 Å². The highest BCUT2D eigenvalue weighted by Gasteiger charge is 2.14. The van der Waals surface area contributed by atoms with Crippen molar-refractivity contribution >= 4 is 16.8 Å². The molecule has 0 saturated carbocycles. The Morgan fingerprint density at radius 1 is 0.939 bits per heavy atom. The number of fused-ring (bicyclic) bond motifs is 1. The monoisotopic (exact) mass is 440 g/mol. The van der Waals surface area contributed by atoms with E-state index in [0.717, 1.165) is 29.4 Å². The molecule has 3 aromatic carbocycles. The van der Waals surface area contributed by atoms with Crippen molar-refractivity contribution in [2.45, 2.75) is 39.5 Å². The molecule has 4 heteroatoms. The van der Waals surface area contributed by atoms with E-state index < -0.39 is 5.63 Å². The lowest BCUT2D eigenvalue weighted by molar-refractivity contribution is 0.0921. The van der Waals surface area contributed by atoms with E-state index >= 15 is 0 Å². The first-order valence-corrected chi connectivity index (χ1v) is 11.4. The molecule has 0 spiro atoms. The Morgan fingerprint density at radius 3 is 2.42 bits per heavy atom. The molecule has 0 N–H and O–H groups in total. The van der Waals surface area contributed by atoms with Gasteiger partial charge in [-0.15, -0.1) is 0 Å². The van der Waals surface area contributed by atoms with Crippen LogP contribution in [-0.2, 0) is 6.42 Å². The van der Waals surface area contributed by atoms with Crippen LogP contribution in [0.3, 0.4) is 0 Å². The van der Waals surface area contributed by atoms with Gasteiger partial charge in [-0.25, -0.2) is 4.79 Å². The normalized spacial score (nSPS) is 11.0. The van der Waals surface area contributed by atoms with Crippen LogP contribution >= 0.6 is 0 Å². The van der Waals surface area contributed by atoms with Gasteiger partial charge in [-0.1, -0.05) is 74.4 Å². The maximum absolute atomic E-state index is 12.7. The maximum Gasteiger partial charge on any atom is 0.336 e. The molecule has 0 atom stereocenters. The second kappa shape index (κ2) is 10.3. The molecule has 33 heavy (non-hydrogen) atoms. The van der Waals surface area contributed by atoms with E-state index in [1.165, 1.54) is 24.5 Å². The topological polar surface area (TPSA) is 56.5 Å². The molecule has 0 amide bonds. The minimum Gasteiger partial charge on any atom is -0.485 e. The third-order valence-corrected chi connectivity index (χ3v) is 5.90. The lowest BCUT2D eigenvalue weighted by Crippen LogP contribution is -2.12. The molecule has 168 valence electrons. The zero-order chi connectivity index (χ0) is 23.2. The second-order valence-electron chi connectivity index (χ2n) is 8.28. The van der Waals surface area contributed by atoms with Crippen LogP contribution < -0.4 is 10.4 Å². The van der Waals surface area contributed by atoms with Gasteiger partial charge in [-0.3, -0.25) is 4.79 Å². The number of benzene rings is 3. The van der Waals surface area contributed by atoms with E-state index in [2.05, 4.69) is 6.92 Å². The molecule has 0 unspecified atom stereocenters. The van der Waals surface area contributed by atoms with Gasteiger partial charge in [0.15, 0.2) is 12.4 Å². The highest BCUT2D eigenvalue weighted by Crippen LogP contribution is 2.33. The fourth-order valence-electron chi connectivity index (χ4n) is 4.02. The predicted octanol–water partition coefficient (Wildman–Crippen LogP) is 6.76. The van der Waals surface area contributed by atoms with Crippen LogP contribution in [0.5, 0.6) is 5.75 Å². The van der Waals surface area contributed by atoms with Crippen LogP contribution in [-0.4, -0.2) is 12.4 Å². The Morgan fingerprint density at radius 2 is 1.70 bits per heavy atom. The Kier molecular flexibility index (Phi) is 7.04. The third-order valence-electron chi connectivity index (χ3n) is 5.90. The summed E-state index contributed by atoms with van der Waals surface area (Å²) in [4.78, 5) is 24.9. The number of hydrogen-bond acceptors (Lipinski definition) is 4. The molecular formula is C29H28O4. The molecule has 0 fully saturated rings. The number of carbonyl (C=O) groups excluding carboxylic acids is 1. The Bertz CT molecular complexity index is 1300. The largest absolute Gasteiger partial charge is 0.485 e. The van der Waals surface area contributed by atoms with Crippen LogP contribution in [0.15, 0.2) is 82.0 Å². The molecule has 4 nitrogen and oxygen atoms in total. The molecule has 1 heterocycles. The van der Waals surface area contributed by atoms with Crippen molar-refractivity contribution in [2.75, 3.05) is 6.61 Å². The molecular weight excluding hydrogens is 412 g/mol. The Hall–Kier alpha value is -3.66. The minimum absolute atomic E-state index is 0.0792. The zero-order valence-corrected chi connectivity index (χ0v) is 19.1. The summed E-state index contributed by atoms with van der Waals surface area (Å²) in [5.41, 5.74) is 4.38. The molecule has 0 aliphatic carbocycles. The lowest BCUT2D eigenvalue weighted by Gasteiger charge is -2.12. The number of ketones is 1. The van der Waals surface area contributed by atoms with E-state index in [1.54, 1.807) is 0 Å². The average molecular weight is 441 g/mol. The summed E-state index contributed by atoms with van der Waals surface area (Å²) in [6.07, 6.45) is 4.60. The molecule has 1 aromatic heterocycles. The fourth-order valence-corrected chi connectivity index (χ4v) is 4.02. The van der Waals surface area contributed by atoms with Gasteiger partial charge >= 0.3 is 5.63 Å². The van der Waals surface area contributed by atoms with Gasteiger partial charge in [0.05, 0.1) is 0 Å². The van der Waals surface area contributed by atoms with Crippen molar-refractivity contribution in [3.8, 4) is 16.9 Å². The standard InChI is InChI=1S/C29H28O4/c1-3-4-6-9-21-12-14-23(15-13-21)26(30)19-32-27-17-16-24-25(22-10-7-5-8-11-22)18-28(31)33-29(24)20(27)2/h5,7-8,10-18H,3-4,6,9,19H2,1-2H3. The van der Waals surface area contributed by atoms with Gasteiger partial charge in [-0.05, 0) is 48.6 Å². The maximum atomic E-state index is 12.7. The van der Waals surface area contributed by atoms with E-state index in [4.69, 9.17) is 9.15 Å². The SMILES string of the molecule is CCCCCc1ccc(C(=O)COc2ccc3c(-c4ccccc4)cc(=O)oc3c2C)cc1. The van der Waals surface area contributed by atoms with Crippen molar-refractivity contribution in [3.63, 3.8) is 0 Å². The third kappa shape index (κ3) is 5.23. The van der Waals surface area contributed by atoms with E-state index in [1.807, 2.05) is 73.7 Å². The molecule has 4 rings (SSSR count). The molecule has 0 bridgehead atoms. The minimum atomic E-state index is -0.420. The van der Waals surface area contributed by atoms with Gasteiger partial charge in [-0.2, -0.15) is 0 Å². The summed E-state index contributed by atoms with van der Waals surface area (Å²) < 4.78 is 11.4. The molecule has 0 saturated heterocycles. The fraction of sp³-hybridized carbons (Fsp3) is 0.241. The van der Waals surface area contributed by atoms with Crippen molar-refractivity contribution in [1.29, 1.82) is 0 Å². The number of rotatable bonds is 9. The zero-order valence-electron chi connectivity index (χ0n) is 19.1. The first-order chi connectivity index (χ1) is 16.1. The molecule has 4 aromatic rings. The number of unbranched alkanes of at least 4 members (excludes halogenated alkanes) is 2. The summed E-state index contributed by atoms with van der Waals surface area (Å²) in [5, 5.41) is 0.829. The smallest absolute Gasteiger partial charge is 0.336 e. The first kappa shape index (κ1) is 22.5. The number of hydrogen-bond donors (Lipinski definition) is 0. The Balaban J connectivity index is 1.52. The van der Waals surface area contributed by atoms with E-state index in [0.29, 0.717) is 22.5 Å². The van der Waals surface area contributed by atoms with Gasteiger partial charge in [0.2, 0.25) is 0 Å².